The number of aromatic nitrogens is 2. The van der Waals surface area contributed by atoms with E-state index in [1.54, 1.807) is 0 Å². The first kappa shape index (κ1) is 13.5. The molecule has 0 bridgehead atoms. The average Bonchev–Trinajstić information content (AvgIpc) is 3.12. The van der Waals surface area contributed by atoms with Crippen molar-refractivity contribution in [2.75, 3.05) is 30.7 Å². The molecular weight excluding hydrogens is 280 g/mol. The summed E-state index contributed by atoms with van der Waals surface area (Å²) in [7, 11) is 0. The normalized spacial score (nSPS) is 17.8. The molecule has 2 aliphatic rings. The molecule has 1 fully saturated rings. The smallest absolute Gasteiger partial charge is 0.224 e. The summed E-state index contributed by atoms with van der Waals surface area (Å²) >= 11 is 7.80. The molecule has 0 radical (unpaired) electrons. The van der Waals surface area contributed by atoms with Gasteiger partial charge in [-0.3, -0.25) is 4.90 Å². The number of nitrogens with one attached hydrogen (secondary N) is 1. The molecular formula is C13H19ClN4S. The van der Waals surface area contributed by atoms with Gasteiger partial charge in [0.15, 0.2) is 0 Å². The second-order valence-corrected chi connectivity index (χ2v) is 6.45. The maximum atomic E-state index is 5.98. The van der Waals surface area contributed by atoms with Crippen molar-refractivity contribution in [1.82, 2.24) is 14.9 Å². The quantitative estimate of drug-likeness (QED) is 0.818. The van der Waals surface area contributed by atoms with E-state index in [0.29, 0.717) is 5.28 Å². The van der Waals surface area contributed by atoms with Gasteiger partial charge in [-0.1, -0.05) is 6.92 Å². The highest BCUT2D eigenvalue weighted by Gasteiger charge is 2.27. The topological polar surface area (TPSA) is 41.0 Å². The average molecular weight is 299 g/mol. The number of aryl methyl sites for hydroxylation is 1. The van der Waals surface area contributed by atoms with Crippen molar-refractivity contribution in [2.45, 2.75) is 37.1 Å². The second kappa shape index (κ2) is 5.85. The third-order valence-corrected chi connectivity index (χ3v) is 4.95. The van der Waals surface area contributed by atoms with E-state index < -0.39 is 0 Å². The van der Waals surface area contributed by atoms with Crippen LogP contribution in [-0.2, 0) is 6.42 Å². The Balaban J connectivity index is 1.60. The first-order valence-corrected chi connectivity index (χ1v) is 8.31. The molecule has 3 rings (SSSR count). The lowest BCUT2D eigenvalue weighted by atomic mass is 10.3. The monoisotopic (exact) mass is 298 g/mol. The van der Waals surface area contributed by atoms with E-state index >= 15 is 0 Å². The highest BCUT2D eigenvalue weighted by molar-refractivity contribution is 7.99. The van der Waals surface area contributed by atoms with Gasteiger partial charge in [0, 0.05) is 31.3 Å². The zero-order valence-corrected chi connectivity index (χ0v) is 12.7. The summed E-state index contributed by atoms with van der Waals surface area (Å²) in [6.07, 6.45) is 3.72. The highest BCUT2D eigenvalue weighted by Crippen LogP contribution is 2.35. The van der Waals surface area contributed by atoms with Gasteiger partial charge in [-0.15, -0.1) is 11.8 Å². The summed E-state index contributed by atoms with van der Waals surface area (Å²) in [5, 5.41) is 3.79. The fourth-order valence-electron chi connectivity index (χ4n) is 2.51. The van der Waals surface area contributed by atoms with Crippen molar-refractivity contribution in [1.29, 1.82) is 0 Å². The number of thioether (sulfide) groups is 1. The Morgan fingerprint density at radius 1 is 1.42 bits per heavy atom. The van der Waals surface area contributed by atoms with Gasteiger partial charge in [-0.2, -0.15) is 4.98 Å². The van der Waals surface area contributed by atoms with Crippen molar-refractivity contribution in [3.63, 3.8) is 0 Å². The SMILES string of the molecule is CCN(CCNc1nc(Cl)nc2c1SCC2)C1CC1. The fraction of sp³-hybridized carbons (Fsp3) is 0.692. The minimum Gasteiger partial charge on any atom is -0.368 e. The number of hydrogen-bond acceptors (Lipinski definition) is 5. The summed E-state index contributed by atoms with van der Waals surface area (Å²) in [5.74, 6) is 2.01. The molecule has 1 aliphatic carbocycles. The molecule has 0 spiro atoms. The summed E-state index contributed by atoms with van der Waals surface area (Å²) < 4.78 is 0. The van der Waals surface area contributed by atoms with Crippen molar-refractivity contribution in [3.8, 4) is 0 Å². The van der Waals surface area contributed by atoms with E-state index in [1.807, 2.05) is 11.8 Å². The van der Waals surface area contributed by atoms with Crippen LogP contribution in [0, 0.1) is 0 Å². The third kappa shape index (κ3) is 3.15. The van der Waals surface area contributed by atoms with E-state index in [9.17, 15) is 0 Å². The highest BCUT2D eigenvalue weighted by atomic mass is 35.5. The molecule has 1 aromatic rings. The van der Waals surface area contributed by atoms with Crippen LogP contribution in [0.5, 0.6) is 0 Å². The van der Waals surface area contributed by atoms with Gasteiger partial charge in [0.25, 0.3) is 0 Å². The van der Waals surface area contributed by atoms with Gasteiger partial charge in [0.2, 0.25) is 5.28 Å². The van der Waals surface area contributed by atoms with Crippen molar-refractivity contribution in [2.24, 2.45) is 0 Å². The lowest BCUT2D eigenvalue weighted by Crippen LogP contribution is -2.31. The predicted molar refractivity (Wildman–Crippen MR) is 80.2 cm³/mol. The second-order valence-electron chi connectivity index (χ2n) is 5.00. The van der Waals surface area contributed by atoms with Crippen molar-refractivity contribution < 1.29 is 0 Å². The number of halogens is 1. The number of anilines is 1. The van der Waals surface area contributed by atoms with Crippen molar-refractivity contribution >= 4 is 29.2 Å². The lowest BCUT2D eigenvalue weighted by Gasteiger charge is -2.20. The standard InChI is InChI=1S/C13H19ClN4S/c1-2-18(9-3-4-9)7-6-15-12-11-10(5-8-19-11)16-13(14)17-12/h9H,2-8H2,1H3,(H,15,16,17). The number of hydrogen-bond donors (Lipinski definition) is 1. The first-order valence-electron chi connectivity index (χ1n) is 6.95. The number of fused-ring (bicyclic) bond motifs is 1. The Bertz CT molecular complexity index is 464. The molecule has 6 heteroatoms. The Morgan fingerprint density at radius 2 is 2.26 bits per heavy atom. The zero-order valence-electron chi connectivity index (χ0n) is 11.2. The molecule has 0 unspecified atom stereocenters. The Morgan fingerprint density at radius 3 is 3.00 bits per heavy atom. The molecule has 4 nitrogen and oxygen atoms in total. The summed E-state index contributed by atoms with van der Waals surface area (Å²) in [6.45, 7) is 5.35. The predicted octanol–water partition coefficient (Wildman–Crippen LogP) is 2.67. The summed E-state index contributed by atoms with van der Waals surface area (Å²) in [6, 6.07) is 0.820. The minimum absolute atomic E-state index is 0.360. The van der Waals surface area contributed by atoms with Gasteiger partial charge in [-0.25, -0.2) is 4.98 Å². The van der Waals surface area contributed by atoms with Gasteiger partial charge >= 0.3 is 0 Å². The lowest BCUT2D eigenvalue weighted by molar-refractivity contribution is 0.289. The number of rotatable bonds is 6. The summed E-state index contributed by atoms with van der Waals surface area (Å²) in [4.78, 5) is 12.4. The maximum absolute atomic E-state index is 5.98. The zero-order chi connectivity index (χ0) is 13.2. The van der Waals surface area contributed by atoms with Gasteiger partial charge in [-0.05, 0) is 31.0 Å². The summed E-state index contributed by atoms with van der Waals surface area (Å²) in [5.41, 5.74) is 1.10. The molecule has 0 saturated heterocycles. The molecule has 0 aromatic carbocycles. The molecule has 104 valence electrons. The van der Waals surface area contributed by atoms with Crippen LogP contribution in [0.15, 0.2) is 4.90 Å². The first-order chi connectivity index (χ1) is 9.28. The molecule has 0 amide bonds. The van der Waals surface area contributed by atoms with Gasteiger partial charge in [0.05, 0.1) is 10.6 Å². The molecule has 1 aliphatic heterocycles. The molecule has 1 aromatic heterocycles. The van der Waals surface area contributed by atoms with Crippen LogP contribution in [0.3, 0.4) is 0 Å². The van der Waals surface area contributed by atoms with Crippen LogP contribution < -0.4 is 5.32 Å². The van der Waals surface area contributed by atoms with Gasteiger partial charge < -0.3 is 5.32 Å². The number of likely N-dealkylation sites (N-methyl/N-ethyl adjacent to an activating group) is 1. The van der Waals surface area contributed by atoms with E-state index in [4.69, 9.17) is 11.6 Å². The van der Waals surface area contributed by atoms with E-state index in [2.05, 4.69) is 27.1 Å². The Kier molecular flexibility index (Phi) is 4.15. The van der Waals surface area contributed by atoms with E-state index in [1.165, 1.54) is 17.7 Å². The third-order valence-electron chi connectivity index (χ3n) is 3.65. The molecule has 19 heavy (non-hydrogen) atoms. The van der Waals surface area contributed by atoms with Gasteiger partial charge in [0.1, 0.15) is 5.82 Å². The Labute approximate surface area is 123 Å². The molecule has 0 atom stereocenters. The minimum atomic E-state index is 0.360. The van der Waals surface area contributed by atoms with Crippen molar-refractivity contribution in [3.05, 3.63) is 11.0 Å². The van der Waals surface area contributed by atoms with Crippen LogP contribution >= 0.6 is 23.4 Å². The number of nitrogens with zero attached hydrogens (tertiary/aromatic N) is 3. The fourth-order valence-corrected chi connectivity index (χ4v) is 3.77. The molecule has 1 saturated carbocycles. The largest absolute Gasteiger partial charge is 0.368 e. The molecule has 2 heterocycles. The van der Waals surface area contributed by atoms with Crippen LogP contribution in [0.1, 0.15) is 25.5 Å². The van der Waals surface area contributed by atoms with Crippen LogP contribution in [-0.4, -0.2) is 46.3 Å². The van der Waals surface area contributed by atoms with Crippen LogP contribution in [0.25, 0.3) is 0 Å². The van der Waals surface area contributed by atoms with Crippen LogP contribution in [0.4, 0.5) is 5.82 Å². The maximum Gasteiger partial charge on any atom is 0.224 e. The van der Waals surface area contributed by atoms with E-state index in [0.717, 1.165) is 49.4 Å². The Hall–Kier alpha value is -0.520. The van der Waals surface area contributed by atoms with Crippen LogP contribution in [0.2, 0.25) is 5.28 Å². The molecule has 1 N–H and O–H groups in total. The van der Waals surface area contributed by atoms with E-state index in [-0.39, 0.29) is 0 Å².